The first-order valence-corrected chi connectivity index (χ1v) is 6.33. The molecule has 88 valence electrons. The Bertz CT molecular complexity index is 336. The fourth-order valence-corrected chi connectivity index (χ4v) is 2.03. The van der Waals surface area contributed by atoms with Crippen LogP contribution in [0.1, 0.15) is 31.0 Å². The third-order valence-electron chi connectivity index (χ3n) is 2.94. The number of pyridine rings is 1. The molecule has 0 atom stereocenters. The summed E-state index contributed by atoms with van der Waals surface area (Å²) in [5.74, 6) is 1.11. The van der Waals surface area contributed by atoms with E-state index in [9.17, 15) is 0 Å². The molecule has 16 heavy (non-hydrogen) atoms. The zero-order chi connectivity index (χ0) is 11.2. The molecular formula is C13H21N3. The summed E-state index contributed by atoms with van der Waals surface area (Å²) in [4.78, 5) is 4.66. The van der Waals surface area contributed by atoms with E-state index < -0.39 is 0 Å². The molecule has 2 rings (SSSR count). The number of fused-ring (bicyclic) bond motifs is 1. The summed E-state index contributed by atoms with van der Waals surface area (Å²) >= 11 is 0. The summed E-state index contributed by atoms with van der Waals surface area (Å²) in [5, 5.41) is 6.78. The number of rotatable bonds is 5. The van der Waals surface area contributed by atoms with Gasteiger partial charge in [-0.1, -0.05) is 13.0 Å². The maximum absolute atomic E-state index is 4.66. The zero-order valence-electron chi connectivity index (χ0n) is 10.1. The van der Waals surface area contributed by atoms with Crippen molar-refractivity contribution in [2.45, 2.75) is 32.6 Å². The van der Waals surface area contributed by atoms with Crippen molar-refractivity contribution in [3.63, 3.8) is 0 Å². The Hall–Kier alpha value is -1.09. The molecule has 2 N–H and O–H groups in total. The van der Waals surface area contributed by atoms with Crippen LogP contribution >= 0.6 is 0 Å². The molecule has 0 aromatic carbocycles. The van der Waals surface area contributed by atoms with Crippen LogP contribution in [-0.4, -0.2) is 24.6 Å². The van der Waals surface area contributed by atoms with E-state index >= 15 is 0 Å². The number of anilines is 1. The molecule has 0 bridgehead atoms. The van der Waals surface area contributed by atoms with Gasteiger partial charge in [0.2, 0.25) is 0 Å². The highest BCUT2D eigenvalue weighted by Crippen LogP contribution is 2.19. The van der Waals surface area contributed by atoms with E-state index in [-0.39, 0.29) is 0 Å². The summed E-state index contributed by atoms with van der Waals surface area (Å²) in [7, 11) is 0. The third kappa shape index (κ3) is 2.95. The van der Waals surface area contributed by atoms with Crippen LogP contribution in [0.3, 0.4) is 0 Å². The van der Waals surface area contributed by atoms with Gasteiger partial charge in [-0.15, -0.1) is 0 Å². The summed E-state index contributed by atoms with van der Waals surface area (Å²) in [6.45, 7) is 5.38. The highest BCUT2D eigenvalue weighted by atomic mass is 15.0. The van der Waals surface area contributed by atoms with Gasteiger partial charge in [0.1, 0.15) is 5.82 Å². The molecule has 0 radical (unpaired) electrons. The minimum atomic E-state index is 1.02. The molecule has 2 heterocycles. The van der Waals surface area contributed by atoms with Crippen molar-refractivity contribution in [1.29, 1.82) is 0 Å². The van der Waals surface area contributed by atoms with Crippen LogP contribution in [0.15, 0.2) is 12.1 Å². The van der Waals surface area contributed by atoms with Gasteiger partial charge < -0.3 is 10.6 Å². The van der Waals surface area contributed by atoms with Crippen molar-refractivity contribution < 1.29 is 0 Å². The van der Waals surface area contributed by atoms with Crippen molar-refractivity contribution in [2.24, 2.45) is 0 Å². The van der Waals surface area contributed by atoms with Crippen molar-refractivity contribution in [3.05, 3.63) is 23.4 Å². The highest BCUT2D eigenvalue weighted by molar-refractivity contribution is 5.46. The number of aryl methyl sites for hydroxylation is 1. The molecule has 1 aromatic heterocycles. The first kappa shape index (κ1) is 11.4. The summed E-state index contributed by atoms with van der Waals surface area (Å²) < 4.78 is 0. The SMILES string of the molecule is CCCNCCc1ccc2c(n1)NCCC2. The van der Waals surface area contributed by atoms with Gasteiger partial charge in [0.15, 0.2) is 0 Å². The topological polar surface area (TPSA) is 37.0 Å². The van der Waals surface area contributed by atoms with E-state index in [2.05, 4.69) is 34.7 Å². The van der Waals surface area contributed by atoms with Gasteiger partial charge >= 0.3 is 0 Å². The second-order valence-corrected chi connectivity index (χ2v) is 4.34. The summed E-state index contributed by atoms with van der Waals surface area (Å²) in [6.07, 6.45) is 4.61. The van der Waals surface area contributed by atoms with Crippen LogP contribution in [0, 0.1) is 0 Å². The van der Waals surface area contributed by atoms with Gasteiger partial charge in [-0.2, -0.15) is 0 Å². The van der Waals surface area contributed by atoms with Crippen LogP contribution < -0.4 is 10.6 Å². The largest absolute Gasteiger partial charge is 0.370 e. The number of nitrogens with one attached hydrogen (secondary N) is 2. The normalized spacial score (nSPS) is 14.3. The van der Waals surface area contributed by atoms with E-state index in [4.69, 9.17) is 0 Å². The van der Waals surface area contributed by atoms with Crippen molar-refractivity contribution in [3.8, 4) is 0 Å². The predicted molar refractivity (Wildman–Crippen MR) is 67.9 cm³/mol. The first-order valence-electron chi connectivity index (χ1n) is 6.33. The van der Waals surface area contributed by atoms with E-state index in [1.54, 1.807) is 0 Å². The van der Waals surface area contributed by atoms with Gasteiger partial charge in [-0.3, -0.25) is 0 Å². The lowest BCUT2D eigenvalue weighted by Gasteiger charge is -2.17. The van der Waals surface area contributed by atoms with Crippen LogP contribution in [-0.2, 0) is 12.8 Å². The van der Waals surface area contributed by atoms with Crippen molar-refractivity contribution in [1.82, 2.24) is 10.3 Å². The number of hydrogen-bond acceptors (Lipinski definition) is 3. The van der Waals surface area contributed by atoms with Gasteiger partial charge in [0.25, 0.3) is 0 Å². The quantitative estimate of drug-likeness (QED) is 0.744. The van der Waals surface area contributed by atoms with Crippen LogP contribution in [0.4, 0.5) is 5.82 Å². The average molecular weight is 219 g/mol. The smallest absolute Gasteiger partial charge is 0.129 e. The van der Waals surface area contributed by atoms with Crippen molar-refractivity contribution >= 4 is 5.82 Å². The fraction of sp³-hybridized carbons (Fsp3) is 0.615. The molecule has 0 spiro atoms. The second-order valence-electron chi connectivity index (χ2n) is 4.34. The first-order chi connectivity index (χ1) is 7.90. The lowest BCUT2D eigenvalue weighted by atomic mass is 10.1. The van der Waals surface area contributed by atoms with E-state index in [0.29, 0.717) is 0 Å². The number of nitrogens with zero attached hydrogens (tertiary/aromatic N) is 1. The van der Waals surface area contributed by atoms with E-state index in [1.165, 1.54) is 30.5 Å². The molecule has 1 aliphatic rings. The Morgan fingerprint density at radius 3 is 3.19 bits per heavy atom. The summed E-state index contributed by atoms with van der Waals surface area (Å²) in [5.41, 5.74) is 2.56. The maximum atomic E-state index is 4.66. The Balaban J connectivity index is 1.90. The van der Waals surface area contributed by atoms with Gasteiger partial charge in [0, 0.05) is 25.2 Å². The molecule has 0 fully saturated rings. The number of aromatic nitrogens is 1. The molecule has 3 heteroatoms. The lowest BCUT2D eigenvalue weighted by Crippen LogP contribution is -2.19. The molecule has 3 nitrogen and oxygen atoms in total. The maximum Gasteiger partial charge on any atom is 0.129 e. The lowest BCUT2D eigenvalue weighted by molar-refractivity contribution is 0.665. The van der Waals surface area contributed by atoms with E-state index in [1.807, 2.05) is 0 Å². The zero-order valence-corrected chi connectivity index (χ0v) is 10.1. The van der Waals surface area contributed by atoms with Crippen LogP contribution in [0.2, 0.25) is 0 Å². The van der Waals surface area contributed by atoms with E-state index in [0.717, 1.165) is 31.9 Å². The van der Waals surface area contributed by atoms with Gasteiger partial charge in [-0.25, -0.2) is 4.98 Å². The number of hydrogen-bond donors (Lipinski definition) is 2. The minimum absolute atomic E-state index is 1.02. The third-order valence-corrected chi connectivity index (χ3v) is 2.94. The molecule has 0 aliphatic carbocycles. The molecule has 1 aliphatic heterocycles. The highest BCUT2D eigenvalue weighted by Gasteiger charge is 2.09. The Morgan fingerprint density at radius 1 is 1.38 bits per heavy atom. The average Bonchev–Trinajstić information content (AvgIpc) is 2.34. The standard InChI is InChI=1S/C13H21N3/c1-2-8-14-10-7-12-6-5-11-4-3-9-15-13(11)16-12/h5-6,14H,2-4,7-10H2,1H3,(H,15,16). The van der Waals surface area contributed by atoms with Crippen LogP contribution in [0.25, 0.3) is 0 Å². The molecular weight excluding hydrogens is 198 g/mol. The molecule has 0 saturated heterocycles. The molecule has 0 unspecified atom stereocenters. The van der Waals surface area contributed by atoms with Gasteiger partial charge in [-0.05, 0) is 37.4 Å². The Labute approximate surface area is 97.7 Å². The fourth-order valence-electron chi connectivity index (χ4n) is 2.03. The summed E-state index contributed by atoms with van der Waals surface area (Å²) in [6, 6.07) is 4.39. The Morgan fingerprint density at radius 2 is 2.31 bits per heavy atom. The van der Waals surface area contributed by atoms with Crippen molar-refractivity contribution in [2.75, 3.05) is 25.0 Å². The molecule has 0 saturated carbocycles. The Kier molecular flexibility index (Phi) is 4.17. The van der Waals surface area contributed by atoms with Gasteiger partial charge in [0.05, 0.1) is 0 Å². The minimum Gasteiger partial charge on any atom is -0.370 e. The van der Waals surface area contributed by atoms with Crippen LogP contribution in [0.5, 0.6) is 0 Å². The second kappa shape index (κ2) is 5.85. The molecule has 0 amide bonds. The predicted octanol–water partition coefficient (Wildman–Crippen LogP) is 1.98. The molecule has 1 aromatic rings. The monoisotopic (exact) mass is 219 g/mol.